The van der Waals surface area contributed by atoms with Crippen molar-refractivity contribution in [2.75, 3.05) is 4.72 Å². The molecule has 0 unspecified atom stereocenters. The standard InChI is InChI=1S/C13H11F3N2O2S/c14-10-3-2-9(6-11(10)15)21(19,20)18-13-4-1-8(7-17)5-12(13)16/h1-6,18H,7,17H2. The fraction of sp³-hybridized carbons (Fsp3) is 0.0769. The van der Waals surface area contributed by atoms with Crippen molar-refractivity contribution in [3.63, 3.8) is 0 Å². The molecule has 0 aliphatic heterocycles. The molecular formula is C13H11F3N2O2S. The summed E-state index contributed by atoms with van der Waals surface area (Å²) in [5, 5.41) is 0. The Morgan fingerprint density at radius 2 is 1.67 bits per heavy atom. The lowest BCUT2D eigenvalue weighted by molar-refractivity contribution is 0.504. The van der Waals surface area contributed by atoms with Gasteiger partial charge in [0.2, 0.25) is 0 Å². The van der Waals surface area contributed by atoms with Gasteiger partial charge in [0, 0.05) is 6.54 Å². The summed E-state index contributed by atoms with van der Waals surface area (Å²) < 4.78 is 65.5. The van der Waals surface area contributed by atoms with Crippen molar-refractivity contribution in [2.24, 2.45) is 5.73 Å². The molecule has 0 saturated carbocycles. The van der Waals surface area contributed by atoms with Crippen LogP contribution in [0.1, 0.15) is 5.56 Å². The van der Waals surface area contributed by atoms with Crippen molar-refractivity contribution in [3.05, 3.63) is 59.4 Å². The van der Waals surface area contributed by atoms with Gasteiger partial charge >= 0.3 is 0 Å². The molecule has 0 aromatic heterocycles. The number of rotatable bonds is 4. The summed E-state index contributed by atoms with van der Waals surface area (Å²) >= 11 is 0. The Kier molecular flexibility index (Phi) is 4.19. The molecule has 0 bridgehead atoms. The van der Waals surface area contributed by atoms with Crippen LogP contribution in [0.3, 0.4) is 0 Å². The second-order valence-corrected chi connectivity index (χ2v) is 5.88. The average molecular weight is 316 g/mol. The summed E-state index contributed by atoms with van der Waals surface area (Å²) in [6.45, 7) is 0.104. The van der Waals surface area contributed by atoms with Crippen molar-refractivity contribution in [3.8, 4) is 0 Å². The molecule has 0 aliphatic carbocycles. The van der Waals surface area contributed by atoms with Crippen molar-refractivity contribution in [2.45, 2.75) is 11.4 Å². The van der Waals surface area contributed by atoms with E-state index in [0.717, 1.165) is 12.1 Å². The largest absolute Gasteiger partial charge is 0.326 e. The quantitative estimate of drug-likeness (QED) is 0.909. The van der Waals surface area contributed by atoms with Crippen LogP contribution in [0.4, 0.5) is 18.9 Å². The van der Waals surface area contributed by atoms with E-state index in [2.05, 4.69) is 0 Å². The number of nitrogens with two attached hydrogens (primary N) is 1. The molecule has 2 rings (SSSR count). The number of hydrogen-bond donors (Lipinski definition) is 2. The second kappa shape index (κ2) is 5.74. The molecule has 8 heteroatoms. The lowest BCUT2D eigenvalue weighted by Gasteiger charge is -2.10. The molecule has 21 heavy (non-hydrogen) atoms. The van der Waals surface area contributed by atoms with E-state index in [1.165, 1.54) is 12.1 Å². The summed E-state index contributed by atoms with van der Waals surface area (Å²) in [7, 11) is -4.22. The van der Waals surface area contributed by atoms with E-state index < -0.39 is 32.4 Å². The third kappa shape index (κ3) is 3.34. The van der Waals surface area contributed by atoms with Crippen LogP contribution in [-0.2, 0) is 16.6 Å². The lowest BCUT2D eigenvalue weighted by atomic mass is 10.2. The van der Waals surface area contributed by atoms with Crippen LogP contribution in [0.2, 0.25) is 0 Å². The number of hydrogen-bond acceptors (Lipinski definition) is 3. The summed E-state index contributed by atoms with van der Waals surface area (Å²) in [5.41, 5.74) is 5.52. The number of nitrogens with one attached hydrogen (secondary N) is 1. The van der Waals surface area contributed by atoms with Gasteiger partial charge in [0.1, 0.15) is 5.82 Å². The Morgan fingerprint density at radius 1 is 0.952 bits per heavy atom. The molecule has 0 atom stereocenters. The van der Waals surface area contributed by atoms with Gasteiger partial charge in [-0.1, -0.05) is 6.07 Å². The number of halogens is 3. The molecule has 0 radical (unpaired) electrons. The van der Waals surface area contributed by atoms with Crippen molar-refractivity contribution < 1.29 is 21.6 Å². The number of anilines is 1. The van der Waals surface area contributed by atoms with Gasteiger partial charge in [0.25, 0.3) is 10.0 Å². The highest BCUT2D eigenvalue weighted by Crippen LogP contribution is 2.21. The molecule has 3 N–H and O–H groups in total. The summed E-state index contributed by atoms with van der Waals surface area (Å²) in [5.74, 6) is -3.30. The molecule has 0 heterocycles. The zero-order valence-electron chi connectivity index (χ0n) is 10.6. The maximum Gasteiger partial charge on any atom is 0.262 e. The van der Waals surface area contributed by atoms with Crippen molar-refractivity contribution >= 4 is 15.7 Å². The van der Waals surface area contributed by atoms with Crippen LogP contribution < -0.4 is 10.5 Å². The van der Waals surface area contributed by atoms with Crippen LogP contribution in [-0.4, -0.2) is 8.42 Å². The minimum atomic E-state index is -4.22. The molecule has 112 valence electrons. The number of sulfonamides is 1. The van der Waals surface area contributed by atoms with Crippen LogP contribution in [0, 0.1) is 17.5 Å². The van der Waals surface area contributed by atoms with Crippen LogP contribution in [0.15, 0.2) is 41.3 Å². The molecule has 4 nitrogen and oxygen atoms in total. The van der Waals surface area contributed by atoms with Gasteiger partial charge in [0.15, 0.2) is 11.6 Å². The van der Waals surface area contributed by atoms with Crippen LogP contribution in [0.25, 0.3) is 0 Å². The highest BCUT2D eigenvalue weighted by Gasteiger charge is 2.18. The molecule has 2 aromatic carbocycles. The Morgan fingerprint density at radius 3 is 2.24 bits per heavy atom. The predicted molar refractivity (Wildman–Crippen MR) is 71.5 cm³/mol. The minimum Gasteiger partial charge on any atom is -0.326 e. The second-order valence-electron chi connectivity index (χ2n) is 4.20. The van der Waals surface area contributed by atoms with Gasteiger partial charge < -0.3 is 5.73 Å². The van der Waals surface area contributed by atoms with Gasteiger partial charge in [0.05, 0.1) is 10.6 Å². The smallest absolute Gasteiger partial charge is 0.262 e. The first-order valence-corrected chi connectivity index (χ1v) is 7.28. The van der Waals surface area contributed by atoms with Crippen LogP contribution >= 0.6 is 0 Å². The van der Waals surface area contributed by atoms with Gasteiger partial charge in [-0.15, -0.1) is 0 Å². The van der Waals surface area contributed by atoms with E-state index in [1.807, 2.05) is 4.72 Å². The Bertz CT molecular complexity index is 779. The third-order valence-electron chi connectivity index (χ3n) is 2.71. The van der Waals surface area contributed by atoms with Crippen molar-refractivity contribution in [1.29, 1.82) is 0 Å². The van der Waals surface area contributed by atoms with E-state index in [9.17, 15) is 21.6 Å². The summed E-state index contributed by atoms with van der Waals surface area (Å²) in [6.07, 6.45) is 0. The van der Waals surface area contributed by atoms with E-state index in [4.69, 9.17) is 5.73 Å². The normalized spacial score (nSPS) is 11.4. The zero-order chi connectivity index (χ0) is 15.6. The van der Waals surface area contributed by atoms with Gasteiger partial charge in [-0.3, -0.25) is 4.72 Å². The Hall–Kier alpha value is -2.06. The molecular weight excluding hydrogens is 305 g/mol. The maximum absolute atomic E-state index is 13.7. The van der Waals surface area contributed by atoms with Gasteiger partial charge in [-0.25, -0.2) is 21.6 Å². The Balaban J connectivity index is 2.35. The molecule has 0 saturated heterocycles. The fourth-order valence-corrected chi connectivity index (χ4v) is 2.69. The highest BCUT2D eigenvalue weighted by molar-refractivity contribution is 7.92. The Labute approximate surface area is 119 Å². The zero-order valence-corrected chi connectivity index (χ0v) is 11.4. The number of benzene rings is 2. The highest BCUT2D eigenvalue weighted by atomic mass is 32.2. The monoisotopic (exact) mass is 316 g/mol. The van der Waals surface area contributed by atoms with Crippen molar-refractivity contribution in [1.82, 2.24) is 0 Å². The van der Waals surface area contributed by atoms with Gasteiger partial charge in [-0.2, -0.15) is 0 Å². The summed E-state index contributed by atoms with van der Waals surface area (Å²) in [4.78, 5) is -0.510. The lowest BCUT2D eigenvalue weighted by Crippen LogP contribution is -2.14. The summed E-state index contributed by atoms with van der Waals surface area (Å²) in [6, 6.07) is 5.82. The molecule has 0 aliphatic rings. The molecule has 0 spiro atoms. The van der Waals surface area contributed by atoms with E-state index in [0.29, 0.717) is 17.7 Å². The SMILES string of the molecule is NCc1ccc(NS(=O)(=O)c2ccc(F)c(F)c2)c(F)c1. The first kappa shape index (κ1) is 15.3. The first-order valence-electron chi connectivity index (χ1n) is 5.80. The molecule has 2 aromatic rings. The van der Waals surface area contributed by atoms with E-state index >= 15 is 0 Å². The fourth-order valence-electron chi connectivity index (χ4n) is 1.62. The van der Waals surface area contributed by atoms with E-state index in [-0.39, 0.29) is 12.2 Å². The predicted octanol–water partition coefficient (Wildman–Crippen LogP) is 2.36. The third-order valence-corrected chi connectivity index (χ3v) is 4.08. The average Bonchev–Trinajstić information content (AvgIpc) is 2.43. The maximum atomic E-state index is 13.7. The topological polar surface area (TPSA) is 72.2 Å². The minimum absolute atomic E-state index is 0.104. The van der Waals surface area contributed by atoms with Crippen LogP contribution in [0.5, 0.6) is 0 Å². The first-order chi connectivity index (χ1) is 9.83. The van der Waals surface area contributed by atoms with E-state index in [1.54, 1.807) is 0 Å². The van der Waals surface area contributed by atoms with Gasteiger partial charge in [-0.05, 0) is 35.9 Å². The molecule has 0 fully saturated rings. The molecule has 0 amide bonds.